The van der Waals surface area contributed by atoms with E-state index < -0.39 is 5.91 Å². The Morgan fingerprint density at radius 1 is 1.07 bits per heavy atom. The summed E-state index contributed by atoms with van der Waals surface area (Å²) in [5.41, 5.74) is 3.18. The molecule has 7 nitrogen and oxygen atoms in total. The summed E-state index contributed by atoms with van der Waals surface area (Å²) in [6, 6.07) is 12.0. The van der Waals surface area contributed by atoms with Crippen LogP contribution in [0, 0.1) is 13.8 Å². The second-order valence-electron chi connectivity index (χ2n) is 6.35. The molecule has 4 aromatic rings. The maximum Gasteiger partial charge on any atom is 0.292 e. The number of aryl methyl sites for hydroxylation is 2. The van der Waals surface area contributed by atoms with Crippen LogP contribution in [0.5, 0.6) is 0 Å². The van der Waals surface area contributed by atoms with Gasteiger partial charge in [0, 0.05) is 16.1 Å². The highest BCUT2D eigenvalue weighted by Gasteiger charge is 2.20. The minimum Gasteiger partial charge on any atom is -0.451 e. The van der Waals surface area contributed by atoms with Gasteiger partial charge in [-0.05, 0) is 54.0 Å². The molecular formula is C20H14BrN3O4. The van der Waals surface area contributed by atoms with Crippen LogP contribution in [0.25, 0.3) is 22.2 Å². The van der Waals surface area contributed by atoms with E-state index in [2.05, 4.69) is 31.6 Å². The first-order valence-corrected chi connectivity index (χ1v) is 9.16. The Morgan fingerprint density at radius 3 is 2.71 bits per heavy atom. The molecule has 0 unspecified atom stereocenters. The maximum atomic E-state index is 12.6. The lowest BCUT2D eigenvalue weighted by Crippen LogP contribution is -2.15. The highest BCUT2D eigenvalue weighted by atomic mass is 79.9. The summed E-state index contributed by atoms with van der Waals surface area (Å²) < 4.78 is 11.2. The molecule has 2 aromatic heterocycles. The molecule has 2 heterocycles. The van der Waals surface area contributed by atoms with Crippen LogP contribution < -0.4 is 10.7 Å². The van der Waals surface area contributed by atoms with Crippen molar-refractivity contribution in [3.8, 4) is 11.3 Å². The van der Waals surface area contributed by atoms with Crippen LogP contribution in [0.4, 0.5) is 5.82 Å². The van der Waals surface area contributed by atoms with Gasteiger partial charge in [0.2, 0.25) is 5.82 Å². The highest BCUT2D eigenvalue weighted by molar-refractivity contribution is 9.10. The molecule has 0 fully saturated rings. The van der Waals surface area contributed by atoms with E-state index in [0.29, 0.717) is 16.7 Å². The molecule has 0 saturated heterocycles. The lowest BCUT2D eigenvalue weighted by molar-refractivity contribution is 0.0996. The van der Waals surface area contributed by atoms with Gasteiger partial charge in [-0.1, -0.05) is 33.6 Å². The van der Waals surface area contributed by atoms with E-state index in [9.17, 15) is 9.59 Å². The van der Waals surface area contributed by atoms with Crippen LogP contribution in [0.3, 0.4) is 0 Å². The highest BCUT2D eigenvalue weighted by Crippen LogP contribution is 2.28. The minimum atomic E-state index is -0.621. The second-order valence-corrected chi connectivity index (χ2v) is 7.26. The molecular weight excluding hydrogens is 426 g/mol. The van der Waals surface area contributed by atoms with Gasteiger partial charge in [0.25, 0.3) is 5.91 Å². The van der Waals surface area contributed by atoms with Crippen LogP contribution in [-0.4, -0.2) is 16.2 Å². The quantitative estimate of drug-likeness (QED) is 0.505. The van der Waals surface area contributed by atoms with Crippen LogP contribution in [0.2, 0.25) is 0 Å². The van der Waals surface area contributed by atoms with E-state index in [1.54, 1.807) is 18.2 Å². The maximum absolute atomic E-state index is 12.6. The van der Waals surface area contributed by atoms with Gasteiger partial charge in [0.1, 0.15) is 5.58 Å². The van der Waals surface area contributed by atoms with Crippen molar-refractivity contribution in [2.24, 2.45) is 0 Å². The minimum absolute atomic E-state index is 0.130. The number of amides is 1. The zero-order valence-corrected chi connectivity index (χ0v) is 16.5. The average Bonchev–Trinajstić information content (AvgIpc) is 3.12. The smallest absolute Gasteiger partial charge is 0.292 e. The van der Waals surface area contributed by atoms with Crippen molar-refractivity contribution in [1.82, 2.24) is 10.3 Å². The fourth-order valence-corrected chi connectivity index (χ4v) is 3.21. The van der Waals surface area contributed by atoms with Gasteiger partial charge in [-0.2, -0.15) is 0 Å². The third-order valence-corrected chi connectivity index (χ3v) is 4.77. The standard InChI is InChI=1S/C20H14BrN3O4/c1-10-3-4-11(2)13(7-10)18-19(24-28-23-18)22-20(26)17-9-15(25)14-8-12(21)5-6-16(14)27-17/h3-9H,1-2H3,(H,22,24,26). The monoisotopic (exact) mass is 439 g/mol. The van der Waals surface area contributed by atoms with E-state index in [1.807, 2.05) is 32.0 Å². The number of fused-ring (bicyclic) bond motifs is 1. The largest absolute Gasteiger partial charge is 0.451 e. The Morgan fingerprint density at radius 2 is 1.89 bits per heavy atom. The Kier molecular flexibility index (Phi) is 4.56. The van der Waals surface area contributed by atoms with Gasteiger partial charge < -0.3 is 4.42 Å². The number of hydrogen-bond donors (Lipinski definition) is 1. The van der Waals surface area contributed by atoms with Gasteiger partial charge in [-0.25, -0.2) is 4.63 Å². The van der Waals surface area contributed by atoms with E-state index in [0.717, 1.165) is 27.2 Å². The molecule has 0 aliphatic heterocycles. The Hall–Kier alpha value is -3.26. The van der Waals surface area contributed by atoms with Crippen molar-refractivity contribution in [2.45, 2.75) is 13.8 Å². The third-order valence-electron chi connectivity index (χ3n) is 4.28. The first-order chi connectivity index (χ1) is 13.4. The first kappa shape index (κ1) is 18.1. The van der Waals surface area contributed by atoms with Crippen LogP contribution in [-0.2, 0) is 0 Å². The second kappa shape index (κ2) is 7.05. The van der Waals surface area contributed by atoms with Gasteiger partial charge >= 0.3 is 0 Å². The summed E-state index contributed by atoms with van der Waals surface area (Å²) >= 11 is 3.31. The molecule has 140 valence electrons. The normalized spacial score (nSPS) is 11.0. The van der Waals surface area contributed by atoms with Crippen LogP contribution in [0.15, 0.2) is 60.8 Å². The third kappa shape index (κ3) is 3.34. The zero-order chi connectivity index (χ0) is 19.8. The topological polar surface area (TPSA) is 98.2 Å². The number of anilines is 1. The van der Waals surface area contributed by atoms with E-state index in [1.165, 1.54) is 0 Å². The molecule has 28 heavy (non-hydrogen) atoms. The fraction of sp³-hybridized carbons (Fsp3) is 0.100. The van der Waals surface area contributed by atoms with Crippen molar-refractivity contribution in [2.75, 3.05) is 5.32 Å². The molecule has 0 bridgehead atoms. The zero-order valence-electron chi connectivity index (χ0n) is 14.9. The molecule has 1 N–H and O–H groups in total. The molecule has 8 heteroatoms. The van der Waals surface area contributed by atoms with Crippen molar-refractivity contribution in [3.05, 3.63) is 74.0 Å². The predicted molar refractivity (Wildman–Crippen MR) is 107 cm³/mol. The van der Waals surface area contributed by atoms with Gasteiger partial charge in [-0.3, -0.25) is 14.9 Å². The number of hydrogen-bond acceptors (Lipinski definition) is 6. The lowest BCUT2D eigenvalue weighted by atomic mass is 10.0. The summed E-state index contributed by atoms with van der Waals surface area (Å²) in [6.45, 7) is 3.88. The summed E-state index contributed by atoms with van der Waals surface area (Å²) in [5, 5.41) is 10.7. The molecule has 1 amide bonds. The average molecular weight is 440 g/mol. The van der Waals surface area contributed by atoms with Crippen molar-refractivity contribution < 1.29 is 13.8 Å². The number of aromatic nitrogens is 2. The van der Waals surface area contributed by atoms with Crippen molar-refractivity contribution in [3.63, 3.8) is 0 Å². The summed E-state index contributed by atoms with van der Waals surface area (Å²) in [5.74, 6) is -0.601. The number of nitrogens with zero attached hydrogens (tertiary/aromatic N) is 2. The molecule has 0 saturated carbocycles. The SMILES string of the molecule is Cc1ccc(C)c(-c2nonc2NC(=O)c2cc(=O)c3cc(Br)ccc3o2)c1. The van der Waals surface area contributed by atoms with Gasteiger partial charge in [-0.15, -0.1) is 0 Å². The first-order valence-electron chi connectivity index (χ1n) is 8.37. The predicted octanol–water partition coefficient (Wildman–Crippen LogP) is 4.47. The van der Waals surface area contributed by atoms with Gasteiger partial charge in [0.05, 0.1) is 5.39 Å². The molecule has 0 spiro atoms. The fourth-order valence-electron chi connectivity index (χ4n) is 2.85. The lowest BCUT2D eigenvalue weighted by Gasteiger charge is -2.06. The number of benzene rings is 2. The summed E-state index contributed by atoms with van der Waals surface area (Å²) in [6.07, 6.45) is 0. The van der Waals surface area contributed by atoms with E-state index in [-0.39, 0.29) is 17.0 Å². The van der Waals surface area contributed by atoms with E-state index >= 15 is 0 Å². The van der Waals surface area contributed by atoms with E-state index in [4.69, 9.17) is 9.05 Å². The number of carbonyl (C=O) groups excluding carboxylic acids is 1. The molecule has 0 aliphatic carbocycles. The number of halogens is 1. The Labute approximate surface area is 167 Å². The van der Waals surface area contributed by atoms with Crippen LogP contribution >= 0.6 is 15.9 Å². The molecule has 0 atom stereocenters. The summed E-state index contributed by atoms with van der Waals surface area (Å²) in [7, 11) is 0. The molecule has 2 aromatic carbocycles. The summed E-state index contributed by atoms with van der Waals surface area (Å²) in [4.78, 5) is 25.0. The molecule has 0 radical (unpaired) electrons. The molecule has 0 aliphatic rings. The Bertz CT molecular complexity index is 1280. The van der Waals surface area contributed by atoms with Crippen LogP contribution in [0.1, 0.15) is 21.7 Å². The number of nitrogens with one attached hydrogen (secondary N) is 1. The van der Waals surface area contributed by atoms with Crippen molar-refractivity contribution >= 4 is 38.6 Å². The number of carbonyl (C=O) groups is 1. The van der Waals surface area contributed by atoms with Gasteiger partial charge in [0.15, 0.2) is 16.9 Å². The Balaban J connectivity index is 1.70. The number of rotatable bonds is 3. The molecule has 4 rings (SSSR count). The van der Waals surface area contributed by atoms with Crippen molar-refractivity contribution in [1.29, 1.82) is 0 Å².